The Hall–Kier alpha value is -2.04. The lowest BCUT2D eigenvalue weighted by Gasteiger charge is -2.23. The zero-order chi connectivity index (χ0) is 14.3. The summed E-state index contributed by atoms with van der Waals surface area (Å²) in [4.78, 5) is 23.7. The van der Waals surface area contributed by atoms with Crippen molar-refractivity contribution in [3.05, 3.63) is 28.7 Å². The molecule has 1 aromatic carbocycles. The number of hydrogen-bond donors (Lipinski definition) is 1. The number of anilines is 1. The van der Waals surface area contributed by atoms with E-state index in [-0.39, 0.29) is 23.6 Å². The molecule has 1 fully saturated rings. The first-order valence-corrected chi connectivity index (χ1v) is 7.02. The summed E-state index contributed by atoms with van der Waals surface area (Å²) in [5.41, 5.74) is 1.95. The number of oxazole rings is 1. The van der Waals surface area contributed by atoms with Gasteiger partial charge in [0, 0.05) is 23.7 Å². The smallest absolute Gasteiger partial charge is 0.408 e. The summed E-state index contributed by atoms with van der Waals surface area (Å²) < 4.78 is 6.84. The molecule has 106 valence electrons. The Morgan fingerprint density at radius 1 is 1.40 bits per heavy atom. The molecule has 0 radical (unpaired) electrons. The van der Waals surface area contributed by atoms with Gasteiger partial charge >= 0.3 is 5.76 Å². The second-order valence-corrected chi connectivity index (χ2v) is 5.63. The molecule has 1 N–H and O–H groups in total. The second kappa shape index (κ2) is 4.81. The van der Waals surface area contributed by atoms with E-state index in [4.69, 9.17) is 4.42 Å². The average molecular weight is 274 g/mol. The topological polar surface area (TPSA) is 64.2 Å². The lowest BCUT2D eigenvalue weighted by atomic mass is 9.85. The number of carbonyl (C=O) groups excluding carboxylic acids is 1. The first-order valence-electron chi connectivity index (χ1n) is 7.02. The third-order valence-electron chi connectivity index (χ3n) is 3.87. The van der Waals surface area contributed by atoms with Crippen LogP contribution in [0.2, 0.25) is 0 Å². The van der Waals surface area contributed by atoms with Crippen LogP contribution in [0.1, 0.15) is 39.2 Å². The van der Waals surface area contributed by atoms with Crippen molar-refractivity contribution in [2.45, 2.75) is 39.2 Å². The molecule has 1 aromatic heterocycles. The van der Waals surface area contributed by atoms with Crippen molar-refractivity contribution >= 4 is 22.7 Å². The number of carbonyl (C=O) groups is 1. The van der Waals surface area contributed by atoms with Gasteiger partial charge in [-0.1, -0.05) is 6.42 Å². The van der Waals surface area contributed by atoms with Crippen molar-refractivity contribution < 1.29 is 9.21 Å². The second-order valence-electron chi connectivity index (χ2n) is 5.63. The first kappa shape index (κ1) is 13.0. The van der Waals surface area contributed by atoms with Gasteiger partial charge in [0.15, 0.2) is 5.58 Å². The van der Waals surface area contributed by atoms with Gasteiger partial charge in [0.25, 0.3) is 0 Å². The molecule has 2 aromatic rings. The lowest BCUT2D eigenvalue weighted by Crippen LogP contribution is -2.27. The number of nitrogens with zero attached hydrogens (tertiary/aromatic N) is 1. The highest BCUT2D eigenvalue weighted by Gasteiger charge is 2.25. The lowest BCUT2D eigenvalue weighted by molar-refractivity contribution is -0.122. The van der Waals surface area contributed by atoms with Crippen LogP contribution in [-0.4, -0.2) is 10.5 Å². The van der Waals surface area contributed by atoms with Crippen LogP contribution >= 0.6 is 0 Å². The largest absolute Gasteiger partial charge is 0.420 e. The van der Waals surface area contributed by atoms with Gasteiger partial charge in [-0.3, -0.25) is 9.36 Å². The van der Waals surface area contributed by atoms with Crippen LogP contribution in [0.4, 0.5) is 5.69 Å². The summed E-state index contributed by atoms with van der Waals surface area (Å²) >= 11 is 0. The molecule has 0 unspecified atom stereocenters. The minimum atomic E-state index is -0.363. The molecule has 3 rings (SSSR count). The number of amides is 1. The Morgan fingerprint density at radius 2 is 2.15 bits per heavy atom. The van der Waals surface area contributed by atoms with Gasteiger partial charge in [0.05, 0.1) is 5.52 Å². The van der Waals surface area contributed by atoms with Crippen LogP contribution in [0.3, 0.4) is 0 Å². The molecule has 1 aliphatic rings. The van der Waals surface area contributed by atoms with Crippen molar-refractivity contribution in [2.24, 2.45) is 5.92 Å². The van der Waals surface area contributed by atoms with E-state index in [0.717, 1.165) is 24.8 Å². The SMILES string of the molecule is CC(C)n1c(=O)oc2cc(NC(=O)C3CCC3)ccc21. The van der Waals surface area contributed by atoms with E-state index < -0.39 is 0 Å². The third-order valence-corrected chi connectivity index (χ3v) is 3.87. The van der Waals surface area contributed by atoms with E-state index in [1.54, 1.807) is 10.6 Å². The number of rotatable bonds is 3. The van der Waals surface area contributed by atoms with Crippen molar-refractivity contribution in [3.63, 3.8) is 0 Å². The number of benzene rings is 1. The van der Waals surface area contributed by atoms with Gasteiger partial charge < -0.3 is 9.73 Å². The van der Waals surface area contributed by atoms with E-state index in [1.807, 2.05) is 26.0 Å². The summed E-state index contributed by atoms with van der Waals surface area (Å²) in [6.07, 6.45) is 3.06. The van der Waals surface area contributed by atoms with Gasteiger partial charge in [-0.25, -0.2) is 4.79 Å². The maximum atomic E-state index is 11.9. The highest BCUT2D eigenvalue weighted by Crippen LogP contribution is 2.28. The van der Waals surface area contributed by atoms with Crippen LogP contribution < -0.4 is 11.1 Å². The molecular weight excluding hydrogens is 256 g/mol. The van der Waals surface area contributed by atoms with Crippen LogP contribution in [-0.2, 0) is 4.79 Å². The van der Waals surface area contributed by atoms with E-state index in [9.17, 15) is 9.59 Å². The van der Waals surface area contributed by atoms with Gasteiger partial charge in [-0.15, -0.1) is 0 Å². The molecule has 1 heterocycles. The Bertz CT molecular complexity index is 707. The average Bonchev–Trinajstić information content (AvgIpc) is 2.61. The Morgan fingerprint density at radius 3 is 2.75 bits per heavy atom. The summed E-state index contributed by atoms with van der Waals surface area (Å²) in [5, 5.41) is 2.88. The third kappa shape index (κ3) is 2.13. The minimum absolute atomic E-state index is 0.0409. The van der Waals surface area contributed by atoms with E-state index in [1.165, 1.54) is 0 Å². The zero-order valence-electron chi connectivity index (χ0n) is 11.7. The fraction of sp³-hybridized carbons (Fsp3) is 0.467. The number of nitrogens with one attached hydrogen (secondary N) is 1. The first-order chi connectivity index (χ1) is 9.56. The molecule has 5 heteroatoms. The minimum Gasteiger partial charge on any atom is -0.408 e. The van der Waals surface area contributed by atoms with E-state index in [2.05, 4.69) is 5.32 Å². The Balaban J connectivity index is 1.91. The van der Waals surface area contributed by atoms with Crippen molar-refractivity contribution in [1.29, 1.82) is 0 Å². The highest BCUT2D eigenvalue weighted by molar-refractivity contribution is 5.94. The molecule has 1 saturated carbocycles. The monoisotopic (exact) mass is 274 g/mol. The molecule has 0 bridgehead atoms. The maximum Gasteiger partial charge on any atom is 0.420 e. The molecule has 0 atom stereocenters. The number of aromatic nitrogens is 1. The summed E-state index contributed by atoms with van der Waals surface area (Å²) in [6.45, 7) is 3.87. The number of hydrogen-bond acceptors (Lipinski definition) is 3. The van der Waals surface area contributed by atoms with Crippen LogP contribution in [0.25, 0.3) is 11.1 Å². The van der Waals surface area contributed by atoms with Gasteiger partial charge in [-0.2, -0.15) is 0 Å². The van der Waals surface area contributed by atoms with Gasteiger partial charge in [0.2, 0.25) is 5.91 Å². The van der Waals surface area contributed by atoms with E-state index in [0.29, 0.717) is 11.3 Å². The molecular formula is C15H18N2O3. The summed E-state index contributed by atoms with van der Waals surface area (Å²) in [7, 11) is 0. The number of fused-ring (bicyclic) bond motifs is 1. The van der Waals surface area contributed by atoms with Crippen LogP contribution in [0, 0.1) is 5.92 Å². The molecule has 5 nitrogen and oxygen atoms in total. The highest BCUT2D eigenvalue weighted by atomic mass is 16.4. The molecule has 0 saturated heterocycles. The fourth-order valence-electron chi connectivity index (χ4n) is 2.52. The van der Waals surface area contributed by atoms with Crippen molar-refractivity contribution in [1.82, 2.24) is 4.57 Å². The Labute approximate surface area is 116 Å². The van der Waals surface area contributed by atoms with Crippen LogP contribution in [0.5, 0.6) is 0 Å². The quantitative estimate of drug-likeness (QED) is 0.936. The maximum absolute atomic E-state index is 11.9. The zero-order valence-corrected chi connectivity index (χ0v) is 11.7. The van der Waals surface area contributed by atoms with Crippen LogP contribution in [0.15, 0.2) is 27.4 Å². The van der Waals surface area contributed by atoms with Crippen molar-refractivity contribution in [2.75, 3.05) is 5.32 Å². The predicted octanol–water partition coefficient (Wildman–Crippen LogP) is 2.91. The normalized spacial score (nSPS) is 15.6. The van der Waals surface area contributed by atoms with Crippen molar-refractivity contribution in [3.8, 4) is 0 Å². The van der Waals surface area contributed by atoms with Gasteiger partial charge in [-0.05, 0) is 38.8 Å². The summed E-state index contributed by atoms with van der Waals surface area (Å²) in [5.74, 6) is -0.170. The molecule has 0 spiro atoms. The molecule has 1 aliphatic carbocycles. The van der Waals surface area contributed by atoms with Gasteiger partial charge in [0.1, 0.15) is 0 Å². The standard InChI is InChI=1S/C15H18N2O3/c1-9(2)17-12-7-6-11(8-13(12)20-15(17)19)16-14(18)10-4-3-5-10/h6-10H,3-5H2,1-2H3,(H,16,18). The Kier molecular flexibility index (Phi) is 3.12. The van der Waals surface area contributed by atoms with E-state index >= 15 is 0 Å². The molecule has 1 amide bonds. The fourth-order valence-corrected chi connectivity index (χ4v) is 2.52. The summed E-state index contributed by atoms with van der Waals surface area (Å²) in [6, 6.07) is 5.38. The molecule has 0 aliphatic heterocycles. The molecule has 20 heavy (non-hydrogen) atoms. The predicted molar refractivity (Wildman–Crippen MR) is 76.8 cm³/mol.